The number of piperazine rings is 1. The van der Waals surface area contributed by atoms with Crippen LogP contribution in [0.1, 0.15) is 17.2 Å². The van der Waals surface area contributed by atoms with Gasteiger partial charge in [-0.15, -0.1) is 0 Å². The van der Waals surface area contributed by atoms with E-state index in [4.69, 9.17) is 9.47 Å². The van der Waals surface area contributed by atoms with Crippen molar-refractivity contribution < 1.29 is 14.3 Å². The van der Waals surface area contributed by atoms with Gasteiger partial charge < -0.3 is 19.7 Å². The molecule has 1 amide bonds. The normalized spacial score (nSPS) is 14.3. The first-order chi connectivity index (χ1) is 17.6. The van der Waals surface area contributed by atoms with Crippen LogP contribution in [0.15, 0.2) is 90.6 Å². The molecule has 1 aliphatic rings. The fourth-order valence-electron chi connectivity index (χ4n) is 4.45. The zero-order valence-corrected chi connectivity index (χ0v) is 20.6. The van der Waals surface area contributed by atoms with Crippen LogP contribution in [0.4, 0.5) is 5.69 Å². The third-order valence-electron chi connectivity index (χ3n) is 6.33. The molecular formula is C29H30N4O3. The fourth-order valence-corrected chi connectivity index (χ4v) is 4.45. The summed E-state index contributed by atoms with van der Waals surface area (Å²) in [6.07, 6.45) is 1.44. The second kappa shape index (κ2) is 11.9. The van der Waals surface area contributed by atoms with Gasteiger partial charge in [0.2, 0.25) is 0 Å². The van der Waals surface area contributed by atoms with Gasteiger partial charge in [-0.25, -0.2) is 0 Å². The first-order valence-electron chi connectivity index (χ1n) is 11.9. The number of hydrogen-bond donors (Lipinski definition) is 1. The van der Waals surface area contributed by atoms with Crippen molar-refractivity contribution in [3.8, 4) is 17.6 Å². The number of nitrogens with zero attached hydrogens (tertiary/aromatic N) is 3. The third kappa shape index (κ3) is 5.68. The molecule has 36 heavy (non-hydrogen) atoms. The Bertz CT molecular complexity index is 1190. The zero-order valence-electron chi connectivity index (χ0n) is 20.6. The Kier molecular flexibility index (Phi) is 8.22. The first kappa shape index (κ1) is 24.8. The van der Waals surface area contributed by atoms with Gasteiger partial charge in [-0.05, 0) is 23.3 Å². The first-order valence-corrected chi connectivity index (χ1v) is 11.9. The molecule has 0 unspecified atom stereocenters. The Morgan fingerprint density at radius 1 is 0.917 bits per heavy atom. The number of ether oxygens (including phenoxy) is 2. The minimum Gasteiger partial charge on any atom is -0.497 e. The van der Waals surface area contributed by atoms with Gasteiger partial charge in [-0.1, -0.05) is 60.7 Å². The van der Waals surface area contributed by atoms with Crippen LogP contribution in [-0.4, -0.2) is 56.1 Å². The van der Waals surface area contributed by atoms with Gasteiger partial charge in [0.05, 0.1) is 25.9 Å². The second-order valence-electron chi connectivity index (χ2n) is 8.43. The Balaban J connectivity index is 1.45. The summed E-state index contributed by atoms with van der Waals surface area (Å²) in [5, 5.41) is 12.7. The van der Waals surface area contributed by atoms with Crippen LogP contribution in [0.3, 0.4) is 0 Å². The second-order valence-corrected chi connectivity index (χ2v) is 8.43. The van der Waals surface area contributed by atoms with E-state index < -0.39 is 0 Å². The van der Waals surface area contributed by atoms with E-state index in [1.807, 2.05) is 18.2 Å². The molecule has 1 aliphatic heterocycles. The number of nitrogens with one attached hydrogen (secondary N) is 1. The van der Waals surface area contributed by atoms with Crippen molar-refractivity contribution in [1.29, 1.82) is 5.26 Å². The fraction of sp³-hybridized carbons (Fsp3) is 0.241. The lowest BCUT2D eigenvalue weighted by molar-refractivity contribution is -0.128. The van der Waals surface area contributed by atoms with Gasteiger partial charge in [-0.3, -0.25) is 9.69 Å². The number of carbonyl (C=O) groups is 1. The molecule has 3 aromatic rings. The molecular weight excluding hydrogens is 452 g/mol. The van der Waals surface area contributed by atoms with Crippen LogP contribution in [0, 0.1) is 11.3 Å². The van der Waals surface area contributed by atoms with Crippen molar-refractivity contribution in [2.45, 2.75) is 6.04 Å². The lowest BCUT2D eigenvalue weighted by atomic mass is 9.96. The minimum atomic E-state index is -0.284. The third-order valence-corrected chi connectivity index (χ3v) is 6.33. The molecule has 7 nitrogen and oxygen atoms in total. The van der Waals surface area contributed by atoms with E-state index in [-0.39, 0.29) is 17.5 Å². The largest absolute Gasteiger partial charge is 0.497 e. The molecule has 7 heteroatoms. The van der Waals surface area contributed by atoms with E-state index in [0.717, 1.165) is 0 Å². The monoisotopic (exact) mass is 482 g/mol. The predicted molar refractivity (Wildman–Crippen MR) is 140 cm³/mol. The summed E-state index contributed by atoms with van der Waals surface area (Å²) in [6, 6.07) is 28.3. The summed E-state index contributed by atoms with van der Waals surface area (Å²) < 4.78 is 10.6. The van der Waals surface area contributed by atoms with Crippen LogP contribution >= 0.6 is 0 Å². The smallest absolute Gasteiger partial charge is 0.266 e. The van der Waals surface area contributed by atoms with Crippen LogP contribution in [0.2, 0.25) is 0 Å². The van der Waals surface area contributed by atoms with Gasteiger partial charge in [-0.2, -0.15) is 5.26 Å². The number of carbonyl (C=O) groups excluding carboxylic acids is 1. The highest BCUT2D eigenvalue weighted by Crippen LogP contribution is 2.30. The van der Waals surface area contributed by atoms with Crippen molar-refractivity contribution in [2.75, 3.05) is 45.7 Å². The molecule has 0 aromatic heterocycles. The number of benzene rings is 3. The SMILES string of the molecule is COc1ccc(N/C=C(/C#N)C(=O)N2CCN(C(c3ccccc3)c3ccccc3)CC2)c(OC)c1. The highest BCUT2D eigenvalue weighted by Gasteiger charge is 2.29. The van der Waals surface area contributed by atoms with E-state index in [1.165, 1.54) is 17.3 Å². The number of anilines is 1. The van der Waals surface area contributed by atoms with Gasteiger partial charge in [0.25, 0.3) is 5.91 Å². The van der Waals surface area contributed by atoms with Crippen molar-refractivity contribution in [1.82, 2.24) is 9.80 Å². The molecule has 184 valence electrons. The van der Waals surface area contributed by atoms with E-state index in [2.05, 4.69) is 58.7 Å². The molecule has 1 saturated heterocycles. The van der Waals surface area contributed by atoms with Crippen LogP contribution in [0.5, 0.6) is 11.5 Å². The summed E-state index contributed by atoms with van der Waals surface area (Å²) in [5.74, 6) is 0.921. The van der Waals surface area contributed by atoms with Crippen LogP contribution in [0.25, 0.3) is 0 Å². The Labute approximate surface area is 212 Å². The molecule has 1 N–H and O–H groups in total. The number of methoxy groups -OCH3 is 2. The lowest BCUT2D eigenvalue weighted by Crippen LogP contribution is -2.50. The van der Waals surface area contributed by atoms with Crippen molar-refractivity contribution >= 4 is 11.6 Å². The summed E-state index contributed by atoms with van der Waals surface area (Å²) in [7, 11) is 3.13. The number of hydrogen-bond acceptors (Lipinski definition) is 6. The average Bonchev–Trinajstić information content (AvgIpc) is 2.95. The average molecular weight is 483 g/mol. The molecule has 3 aromatic carbocycles. The van der Waals surface area contributed by atoms with Gasteiger partial charge in [0.1, 0.15) is 23.1 Å². The molecule has 0 spiro atoms. The van der Waals surface area contributed by atoms with Crippen LogP contribution < -0.4 is 14.8 Å². The van der Waals surface area contributed by atoms with Gasteiger partial charge in [0, 0.05) is 38.4 Å². The highest BCUT2D eigenvalue weighted by atomic mass is 16.5. The lowest BCUT2D eigenvalue weighted by Gasteiger charge is -2.39. The molecule has 0 atom stereocenters. The highest BCUT2D eigenvalue weighted by molar-refractivity contribution is 5.97. The zero-order chi connectivity index (χ0) is 25.3. The Morgan fingerprint density at radius 3 is 2.06 bits per heavy atom. The molecule has 0 radical (unpaired) electrons. The Hall–Kier alpha value is -4.28. The summed E-state index contributed by atoms with van der Waals surface area (Å²) in [4.78, 5) is 17.3. The maximum absolute atomic E-state index is 13.1. The summed E-state index contributed by atoms with van der Waals surface area (Å²) in [6.45, 7) is 2.50. The Morgan fingerprint density at radius 2 is 1.53 bits per heavy atom. The molecule has 0 aliphatic carbocycles. The molecule has 4 rings (SSSR count). The van der Waals surface area contributed by atoms with E-state index in [0.29, 0.717) is 43.4 Å². The molecule has 1 heterocycles. The standard InChI is InChI=1S/C29H30N4O3/c1-35-25-13-14-26(27(19-25)36-2)31-21-24(20-30)29(34)33-17-15-32(16-18-33)28(22-9-5-3-6-10-22)23-11-7-4-8-12-23/h3-14,19,21,28,31H,15-18H2,1-2H3/b24-21-. The maximum Gasteiger partial charge on any atom is 0.266 e. The number of rotatable bonds is 8. The molecule has 1 fully saturated rings. The minimum absolute atomic E-state index is 0.0454. The van der Waals surface area contributed by atoms with Crippen molar-refractivity contribution in [3.63, 3.8) is 0 Å². The topological polar surface area (TPSA) is 77.8 Å². The van der Waals surface area contributed by atoms with E-state index >= 15 is 0 Å². The maximum atomic E-state index is 13.1. The summed E-state index contributed by atoms with van der Waals surface area (Å²) in [5.41, 5.74) is 3.12. The van der Waals surface area contributed by atoms with Crippen molar-refractivity contribution in [2.24, 2.45) is 0 Å². The van der Waals surface area contributed by atoms with Crippen LogP contribution in [-0.2, 0) is 4.79 Å². The van der Waals surface area contributed by atoms with E-state index in [9.17, 15) is 10.1 Å². The van der Waals surface area contributed by atoms with Gasteiger partial charge in [0.15, 0.2) is 0 Å². The summed E-state index contributed by atoms with van der Waals surface area (Å²) >= 11 is 0. The number of nitriles is 1. The predicted octanol–water partition coefficient (Wildman–Crippen LogP) is 4.46. The number of amides is 1. The van der Waals surface area contributed by atoms with E-state index in [1.54, 1.807) is 37.3 Å². The molecule has 0 bridgehead atoms. The quantitative estimate of drug-likeness (QED) is 0.377. The molecule has 0 saturated carbocycles. The van der Waals surface area contributed by atoms with Crippen molar-refractivity contribution in [3.05, 3.63) is 102 Å². The van der Waals surface area contributed by atoms with Gasteiger partial charge >= 0.3 is 0 Å².